The third-order valence-electron chi connectivity index (χ3n) is 5.28. The molecule has 2 heterocycles. The van der Waals surface area contributed by atoms with Gasteiger partial charge in [-0.2, -0.15) is 5.10 Å². The third kappa shape index (κ3) is 2.72. The molecule has 24 heavy (non-hydrogen) atoms. The van der Waals surface area contributed by atoms with E-state index in [0.717, 1.165) is 38.6 Å². The van der Waals surface area contributed by atoms with E-state index in [4.69, 9.17) is 23.2 Å². The van der Waals surface area contributed by atoms with Gasteiger partial charge in [0.1, 0.15) is 5.02 Å². The van der Waals surface area contributed by atoms with Crippen LogP contribution in [0.5, 0.6) is 0 Å². The van der Waals surface area contributed by atoms with Gasteiger partial charge in [-0.25, -0.2) is 4.68 Å². The van der Waals surface area contributed by atoms with Crippen LogP contribution >= 0.6 is 23.2 Å². The van der Waals surface area contributed by atoms with Gasteiger partial charge in [-0.3, -0.25) is 4.79 Å². The highest BCUT2D eigenvalue weighted by atomic mass is 35.5. The van der Waals surface area contributed by atoms with E-state index < -0.39 is 0 Å². The van der Waals surface area contributed by atoms with Gasteiger partial charge < -0.3 is 4.90 Å². The number of hydrogen-bond acceptors (Lipinski definition) is 3. The minimum atomic E-state index is -0.279. The average molecular weight is 364 g/mol. The lowest BCUT2D eigenvalue weighted by Crippen LogP contribution is -2.39. The molecule has 0 atom stereocenters. The maximum atomic E-state index is 12.3. The molecule has 0 N–H and O–H groups in total. The van der Waals surface area contributed by atoms with Gasteiger partial charge in [-0.1, -0.05) is 41.4 Å². The van der Waals surface area contributed by atoms with Crippen LogP contribution in [-0.4, -0.2) is 22.4 Å². The highest BCUT2D eigenvalue weighted by Gasteiger charge is 2.31. The Hall–Kier alpha value is -1.52. The minimum Gasteiger partial charge on any atom is -0.368 e. The van der Waals surface area contributed by atoms with E-state index in [1.807, 2.05) is 0 Å². The Labute approximate surface area is 151 Å². The SMILES string of the molecule is O=c1c(Cl)c(Cl)cnn1C1CCC(N2CCc3ccccc32)CC1. The molecule has 6 heteroatoms. The number of hydrogen-bond donors (Lipinski definition) is 0. The summed E-state index contributed by atoms with van der Waals surface area (Å²) in [4.78, 5) is 14.8. The number of fused-ring (bicyclic) bond motifs is 1. The summed E-state index contributed by atoms with van der Waals surface area (Å²) in [6, 6.07) is 9.33. The van der Waals surface area contributed by atoms with Gasteiger partial charge in [0.05, 0.1) is 17.3 Å². The molecular weight excluding hydrogens is 345 g/mol. The van der Waals surface area contributed by atoms with Gasteiger partial charge in [0.25, 0.3) is 5.56 Å². The lowest BCUT2D eigenvalue weighted by atomic mass is 9.90. The first-order valence-electron chi connectivity index (χ1n) is 8.42. The number of nitrogens with zero attached hydrogens (tertiary/aromatic N) is 3. The second-order valence-corrected chi connectivity index (χ2v) is 7.38. The van der Waals surface area contributed by atoms with Crippen LogP contribution in [0.4, 0.5) is 5.69 Å². The highest BCUT2D eigenvalue weighted by molar-refractivity contribution is 6.41. The molecule has 0 saturated heterocycles. The smallest absolute Gasteiger partial charge is 0.287 e. The van der Waals surface area contributed by atoms with Gasteiger partial charge in [0.2, 0.25) is 0 Å². The Kier molecular flexibility index (Phi) is 4.27. The van der Waals surface area contributed by atoms with Gasteiger partial charge in [-0.05, 0) is 43.7 Å². The number of rotatable bonds is 2. The maximum Gasteiger partial charge on any atom is 0.287 e. The van der Waals surface area contributed by atoms with Crippen LogP contribution in [0.15, 0.2) is 35.3 Å². The van der Waals surface area contributed by atoms with Crippen molar-refractivity contribution in [3.8, 4) is 0 Å². The predicted molar refractivity (Wildman–Crippen MR) is 97.3 cm³/mol. The summed E-state index contributed by atoms with van der Waals surface area (Å²) in [6.07, 6.45) is 6.60. The molecule has 0 bridgehead atoms. The van der Waals surface area contributed by atoms with Crippen molar-refractivity contribution >= 4 is 28.9 Å². The van der Waals surface area contributed by atoms with Crippen molar-refractivity contribution < 1.29 is 0 Å². The van der Waals surface area contributed by atoms with E-state index in [1.54, 1.807) is 0 Å². The summed E-state index contributed by atoms with van der Waals surface area (Å²) in [6.45, 7) is 1.10. The zero-order chi connectivity index (χ0) is 16.7. The molecule has 0 amide bonds. The predicted octanol–water partition coefficient (Wildman–Crippen LogP) is 4.10. The van der Waals surface area contributed by atoms with Crippen LogP contribution in [0.3, 0.4) is 0 Å². The summed E-state index contributed by atoms with van der Waals surface area (Å²) < 4.78 is 1.52. The van der Waals surface area contributed by atoms with Gasteiger partial charge in [0.15, 0.2) is 0 Å². The molecule has 1 saturated carbocycles. The molecule has 2 aromatic rings. The maximum absolute atomic E-state index is 12.3. The van der Waals surface area contributed by atoms with Crippen molar-refractivity contribution in [1.82, 2.24) is 9.78 Å². The number of halogens is 2. The van der Waals surface area contributed by atoms with Crippen LogP contribution < -0.4 is 10.5 Å². The Morgan fingerprint density at radius 1 is 1.04 bits per heavy atom. The van der Waals surface area contributed by atoms with Gasteiger partial charge >= 0.3 is 0 Å². The van der Waals surface area contributed by atoms with E-state index in [1.165, 1.54) is 22.1 Å². The fourth-order valence-corrected chi connectivity index (χ4v) is 4.30. The van der Waals surface area contributed by atoms with Crippen molar-refractivity contribution in [2.45, 2.75) is 44.2 Å². The fraction of sp³-hybridized carbons (Fsp3) is 0.444. The second kappa shape index (κ2) is 6.41. The molecule has 0 radical (unpaired) electrons. The van der Waals surface area contributed by atoms with Crippen molar-refractivity contribution in [2.24, 2.45) is 0 Å². The number of benzene rings is 1. The van der Waals surface area contributed by atoms with E-state index in [2.05, 4.69) is 34.3 Å². The van der Waals surface area contributed by atoms with Crippen molar-refractivity contribution in [1.29, 1.82) is 0 Å². The van der Waals surface area contributed by atoms with E-state index in [9.17, 15) is 4.79 Å². The van der Waals surface area contributed by atoms with Crippen LogP contribution in [0.2, 0.25) is 10.0 Å². The van der Waals surface area contributed by atoms with E-state index in [0.29, 0.717) is 6.04 Å². The lowest BCUT2D eigenvalue weighted by molar-refractivity contribution is 0.289. The molecule has 1 fully saturated rings. The normalized spacial score (nSPS) is 23.3. The first-order chi connectivity index (χ1) is 11.6. The molecule has 126 valence electrons. The minimum absolute atomic E-state index is 0.0715. The topological polar surface area (TPSA) is 38.1 Å². The molecule has 1 aliphatic carbocycles. The molecule has 0 unspecified atom stereocenters. The molecule has 1 aromatic carbocycles. The fourth-order valence-electron chi connectivity index (χ4n) is 4.04. The molecular formula is C18H19Cl2N3O. The van der Waals surface area contributed by atoms with Crippen LogP contribution in [-0.2, 0) is 6.42 Å². The van der Waals surface area contributed by atoms with Crippen LogP contribution in [0, 0.1) is 0 Å². The monoisotopic (exact) mass is 363 g/mol. The summed E-state index contributed by atoms with van der Waals surface area (Å²) in [7, 11) is 0. The highest BCUT2D eigenvalue weighted by Crippen LogP contribution is 2.36. The van der Waals surface area contributed by atoms with Crippen molar-refractivity contribution in [3.63, 3.8) is 0 Å². The standard InChI is InChI=1S/C18H19Cl2N3O/c19-15-11-21-23(18(24)17(15)20)14-7-5-13(6-8-14)22-10-9-12-3-1-2-4-16(12)22/h1-4,11,13-14H,5-10H2. The molecule has 1 aliphatic heterocycles. The van der Waals surface area contributed by atoms with Crippen LogP contribution in [0.1, 0.15) is 37.3 Å². The van der Waals surface area contributed by atoms with Crippen molar-refractivity contribution in [3.05, 3.63) is 56.4 Å². The van der Waals surface area contributed by atoms with Gasteiger partial charge in [0, 0.05) is 18.3 Å². The van der Waals surface area contributed by atoms with Crippen LogP contribution in [0.25, 0.3) is 0 Å². The molecule has 0 spiro atoms. The zero-order valence-electron chi connectivity index (χ0n) is 13.3. The summed E-state index contributed by atoms with van der Waals surface area (Å²) in [5.74, 6) is 0. The average Bonchev–Trinajstić information content (AvgIpc) is 3.04. The Balaban J connectivity index is 1.48. The zero-order valence-corrected chi connectivity index (χ0v) is 14.8. The lowest BCUT2D eigenvalue weighted by Gasteiger charge is -2.36. The van der Waals surface area contributed by atoms with E-state index >= 15 is 0 Å². The third-order valence-corrected chi connectivity index (χ3v) is 6.03. The largest absolute Gasteiger partial charge is 0.368 e. The number of anilines is 1. The summed E-state index contributed by atoms with van der Waals surface area (Å²) >= 11 is 11.8. The Morgan fingerprint density at radius 2 is 1.75 bits per heavy atom. The number of aromatic nitrogens is 2. The Morgan fingerprint density at radius 3 is 2.54 bits per heavy atom. The quantitative estimate of drug-likeness (QED) is 0.806. The first kappa shape index (κ1) is 16.0. The first-order valence-corrected chi connectivity index (χ1v) is 9.18. The molecule has 1 aromatic heterocycles. The molecule has 4 nitrogen and oxygen atoms in total. The summed E-state index contributed by atoms with van der Waals surface area (Å²) in [5, 5.41) is 4.49. The van der Waals surface area contributed by atoms with E-state index in [-0.39, 0.29) is 21.6 Å². The van der Waals surface area contributed by atoms with Crippen molar-refractivity contribution in [2.75, 3.05) is 11.4 Å². The molecule has 4 rings (SSSR count). The second-order valence-electron chi connectivity index (χ2n) is 6.59. The molecule has 2 aliphatic rings. The summed E-state index contributed by atoms with van der Waals surface area (Å²) in [5.41, 5.74) is 2.55. The number of para-hydroxylation sites is 1. The van der Waals surface area contributed by atoms with Gasteiger partial charge in [-0.15, -0.1) is 0 Å². The Bertz CT molecular complexity index is 812.